The highest BCUT2D eigenvalue weighted by Crippen LogP contribution is 2.10. The molecule has 6 nitrogen and oxygen atoms in total. The van der Waals surface area contributed by atoms with E-state index >= 15 is 0 Å². The van der Waals surface area contributed by atoms with E-state index in [9.17, 15) is 8.42 Å². The summed E-state index contributed by atoms with van der Waals surface area (Å²) in [7, 11) is -1.97. The molecule has 0 fully saturated rings. The van der Waals surface area contributed by atoms with E-state index < -0.39 is 10.0 Å². The molecule has 0 saturated heterocycles. The number of nitrogens with zero attached hydrogens (tertiary/aromatic N) is 2. The van der Waals surface area contributed by atoms with Crippen LogP contribution in [0.15, 0.2) is 4.52 Å². The molecule has 0 spiro atoms. The molecular formula is C9H17N3O3S. The summed E-state index contributed by atoms with van der Waals surface area (Å²) in [5.74, 6) is 0.908. The van der Waals surface area contributed by atoms with Gasteiger partial charge in [-0.25, -0.2) is 13.1 Å². The van der Waals surface area contributed by atoms with Crippen LogP contribution in [-0.4, -0.2) is 25.6 Å². The summed E-state index contributed by atoms with van der Waals surface area (Å²) in [5, 5.41) is 3.63. The number of hydrogen-bond donors (Lipinski definition) is 1. The molecule has 0 bridgehead atoms. The predicted octanol–water partition coefficient (Wildman–Crippen LogP) is 0.707. The van der Waals surface area contributed by atoms with Crippen LogP contribution in [0.4, 0.5) is 0 Å². The third-order valence-electron chi connectivity index (χ3n) is 2.36. The largest absolute Gasteiger partial charge is 0.339 e. The van der Waals surface area contributed by atoms with Gasteiger partial charge in [0.05, 0.1) is 0 Å². The maximum atomic E-state index is 11.2. The summed E-state index contributed by atoms with van der Waals surface area (Å²) >= 11 is 0. The highest BCUT2D eigenvalue weighted by atomic mass is 32.2. The molecule has 16 heavy (non-hydrogen) atoms. The van der Waals surface area contributed by atoms with E-state index in [2.05, 4.69) is 28.7 Å². The highest BCUT2D eigenvalue weighted by Gasteiger charge is 2.15. The van der Waals surface area contributed by atoms with Gasteiger partial charge in [0.1, 0.15) is 5.75 Å². The molecule has 0 aromatic carbocycles. The molecule has 1 heterocycles. The molecule has 92 valence electrons. The van der Waals surface area contributed by atoms with Crippen LogP contribution >= 0.6 is 0 Å². The maximum absolute atomic E-state index is 11.2. The summed E-state index contributed by atoms with van der Waals surface area (Å²) in [6.45, 7) is 4.15. The molecule has 0 aliphatic rings. The lowest BCUT2D eigenvalue weighted by Gasteiger charge is -2.01. The molecule has 0 aliphatic heterocycles. The number of hydrogen-bond acceptors (Lipinski definition) is 5. The quantitative estimate of drug-likeness (QED) is 0.800. The van der Waals surface area contributed by atoms with E-state index in [0.717, 1.165) is 6.42 Å². The lowest BCUT2D eigenvalue weighted by molar-refractivity contribution is 0.352. The second-order valence-corrected chi connectivity index (χ2v) is 5.71. The number of nitrogens with one attached hydrogen (secondary N) is 1. The van der Waals surface area contributed by atoms with Gasteiger partial charge in [0, 0.05) is 6.42 Å². The highest BCUT2D eigenvalue weighted by molar-refractivity contribution is 7.88. The third kappa shape index (κ3) is 3.90. The summed E-state index contributed by atoms with van der Waals surface area (Å²) in [4.78, 5) is 4.03. The molecule has 1 atom stereocenters. The van der Waals surface area contributed by atoms with Gasteiger partial charge in [0.15, 0.2) is 5.82 Å². The molecule has 1 aromatic heterocycles. The van der Waals surface area contributed by atoms with Crippen LogP contribution in [0.25, 0.3) is 0 Å². The zero-order valence-electron chi connectivity index (χ0n) is 9.73. The normalized spacial score (nSPS) is 13.9. The van der Waals surface area contributed by atoms with Crippen LogP contribution < -0.4 is 4.72 Å². The molecule has 1 N–H and O–H groups in total. The Bertz CT molecular complexity index is 427. The van der Waals surface area contributed by atoms with Gasteiger partial charge < -0.3 is 4.52 Å². The molecular weight excluding hydrogens is 230 g/mol. The molecule has 1 rings (SSSR count). The minimum absolute atomic E-state index is 0.202. The van der Waals surface area contributed by atoms with Crippen molar-refractivity contribution in [2.24, 2.45) is 5.92 Å². The van der Waals surface area contributed by atoms with Crippen molar-refractivity contribution in [2.45, 2.75) is 32.4 Å². The first kappa shape index (κ1) is 13.1. The van der Waals surface area contributed by atoms with Crippen LogP contribution in [0.3, 0.4) is 0 Å². The monoisotopic (exact) mass is 247 g/mol. The predicted molar refractivity (Wildman–Crippen MR) is 59.1 cm³/mol. The molecule has 0 saturated carbocycles. The Morgan fingerprint density at radius 1 is 1.50 bits per heavy atom. The average molecular weight is 247 g/mol. The Morgan fingerprint density at radius 2 is 2.19 bits per heavy atom. The zero-order chi connectivity index (χ0) is 12.2. The lowest BCUT2D eigenvalue weighted by Crippen LogP contribution is -2.21. The number of aromatic nitrogens is 2. The van der Waals surface area contributed by atoms with Gasteiger partial charge in [0.2, 0.25) is 15.9 Å². The van der Waals surface area contributed by atoms with Gasteiger partial charge in [-0.2, -0.15) is 4.98 Å². The Labute approximate surface area is 95.5 Å². The molecule has 7 heteroatoms. The lowest BCUT2D eigenvalue weighted by atomic mass is 10.1. The summed E-state index contributed by atoms with van der Waals surface area (Å²) < 4.78 is 29.6. The SMILES string of the molecule is CCC(C)Cc1nc(CS(=O)(=O)NC)no1. The first-order valence-corrected chi connectivity index (χ1v) is 6.84. The molecule has 1 unspecified atom stereocenters. The topological polar surface area (TPSA) is 85.1 Å². The third-order valence-corrected chi connectivity index (χ3v) is 3.62. The fraction of sp³-hybridized carbons (Fsp3) is 0.778. The Hall–Kier alpha value is -0.950. The van der Waals surface area contributed by atoms with Gasteiger partial charge in [-0.1, -0.05) is 25.4 Å². The van der Waals surface area contributed by atoms with Gasteiger partial charge in [-0.15, -0.1) is 0 Å². The fourth-order valence-electron chi connectivity index (χ4n) is 1.12. The van der Waals surface area contributed by atoms with Gasteiger partial charge in [-0.3, -0.25) is 0 Å². The van der Waals surface area contributed by atoms with E-state index in [1.807, 2.05) is 0 Å². The van der Waals surface area contributed by atoms with E-state index in [-0.39, 0.29) is 11.6 Å². The van der Waals surface area contributed by atoms with Crippen molar-refractivity contribution in [1.82, 2.24) is 14.9 Å². The van der Waals surface area contributed by atoms with Crippen molar-refractivity contribution in [3.63, 3.8) is 0 Å². The van der Waals surface area contributed by atoms with Crippen molar-refractivity contribution in [1.29, 1.82) is 0 Å². The second kappa shape index (κ2) is 5.40. The van der Waals surface area contributed by atoms with Gasteiger partial charge in [-0.05, 0) is 13.0 Å². The van der Waals surface area contributed by atoms with Crippen LogP contribution in [0.2, 0.25) is 0 Å². The summed E-state index contributed by atoms with van der Waals surface area (Å²) in [5.41, 5.74) is 0. The van der Waals surface area contributed by atoms with Crippen molar-refractivity contribution >= 4 is 10.0 Å². The summed E-state index contributed by atoms with van der Waals surface area (Å²) in [6.07, 6.45) is 1.70. The first-order chi connectivity index (χ1) is 7.46. The van der Waals surface area contributed by atoms with Crippen molar-refractivity contribution < 1.29 is 12.9 Å². The van der Waals surface area contributed by atoms with Crippen molar-refractivity contribution in [3.8, 4) is 0 Å². The first-order valence-electron chi connectivity index (χ1n) is 5.19. The minimum Gasteiger partial charge on any atom is -0.339 e. The number of rotatable bonds is 6. The van der Waals surface area contributed by atoms with E-state index in [1.165, 1.54) is 7.05 Å². The molecule has 1 aromatic rings. The number of sulfonamides is 1. The maximum Gasteiger partial charge on any atom is 0.226 e. The fourth-order valence-corrected chi connectivity index (χ4v) is 1.72. The Morgan fingerprint density at radius 3 is 2.75 bits per heavy atom. The smallest absolute Gasteiger partial charge is 0.226 e. The Kier molecular flexibility index (Phi) is 4.43. The van der Waals surface area contributed by atoms with Crippen molar-refractivity contribution in [3.05, 3.63) is 11.7 Å². The van der Waals surface area contributed by atoms with Gasteiger partial charge >= 0.3 is 0 Å². The second-order valence-electron chi connectivity index (χ2n) is 3.79. The summed E-state index contributed by atoms with van der Waals surface area (Å²) in [6, 6.07) is 0. The zero-order valence-corrected chi connectivity index (χ0v) is 10.5. The average Bonchev–Trinajstić information content (AvgIpc) is 2.64. The molecule has 0 aliphatic carbocycles. The van der Waals surface area contributed by atoms with E-state index in [0.29, 0.717) is 18.2 Å². The van der Waals surface area contributed by atoms with Crippen LogP contribution in [0, 0.1) is 5.92 Å². The van der Waals surface area contributed by atoms with Crippen LogP contribution in [0.1, 0.15) is 32.0 Å². The molecule has 0 radical (unpaired) electrons. The van der Waals surface area contributed by atoms with Crippen LogP contribution in [-0.2, 0) is 22.2 Å². The van der Waals surface area contributed by atoms with Crippen molar-refractivity contribution in [2.75, 3.05) is 7.05 Å². The van der Waals surface area contributed by atoms with E-state index in [4.69, 9.17) is 4.52 Å². The molecule has 0 amide bonds. The van der Waals surface area contributed by atoms with Crippen LogP contribution in [0.5, 0.6) is 0 Å². The standard InChI is InChI=1S/C9H17N3O3S/c1-4-7(2)5-9-11-8(12-15-9)6-16(13,14)10-3/h7,10H,4-6H2,1-3H3. The van der Waals surface area contributed by atoms with Gasteiger partial charge in [0.25, 0.3) is 0 Å². The van der Waals surface area contributed by atoms with E-state index in [1.54, 1.807) is 0 Å². The minimum atomic E-state index is -3.33. The Balaban J connectivity index is 2.65.